The lowest BCUT2D eigenvalue weighted by atomic mass is 10.1. The van der Waals surface area contributed by atoms with Crippen LogP contribution in [0.15, 0.2) is 24.3 Å². The molecule has 0 aliphatic carbocycles. The minimum absolute atomic E-state index is 0.0601. The van der Waals surface area contributed by atoms with Crippen molar-refractivity contribution in [3.8, 4) is 0 Å². The van der Waals surface area contributed by atoms with Gasteiger partial charge in [0.05, 0.1) is 12.2 Å². The van der Waals surface area contributed by atoms with Gasteiger partial charge in [0.1, 0.15) is 5.82 Å². The number of hydrogen-bond donors (Lipinski definition) is 1. The molecule has 1 atom stereocenters. The zero-order valence-corrected chi connectivity index (χ0v) is 17.5. The van der Waals surface area contributed by atoms with Crippen molar-refractivity contribution in [3.63, 3.8) is 0 Å². The van der Waals surface area contributed by atoms with Gasteiger partial charge in [-0.05, 0) is 24.3 Å². The van der Waals surface area contributed by atoms with E-state index in [-0.39, 0.29) is 56.7 Å². The van der Waals surface area contributed by atoms with E-state index in [1.54, 1.807) is 4.90 Å². The summed E-state index contributed by atoms with van der Waals surface area (Å²) in [5.74, 6) is -1.60. The second-order valence-electron chi connectivity index (χ2n) is 7.47. The lowest BCUT2D eigenvalue weighted by Gasteiger charge is -2.33. The molecular formula is C19H25FN4O5S. The molecule has 0 radical (unpaired) electrons. The Morgan fingerprint density at radius 1 is 1.13 bits per heavy atom. The van der Waals surface area contributed by atoms with Crippen LogP contribution in [-0.2, 0) is 24.4 Å². The zero-order chi connectivity index (χ0) is 21.9. The molecule has 30 heavy (non-hydrogen) atoms. The summed E-state index contributed by atoms with van der Waals surface area (Å²) in [7, 11) is -3.26. The number of amides is 3. The molecule has 0 aromatic heterocycles. The average molecular weight is 440 g/mol. The fraction of sp³-hybridized carbons (Fsp3) is 0.526. The number of nitrogens with one attached hydrogen (secondary N) is 1. The van der Waals surface area contributed by atoms with Gasteiger partial charge < -0.3 is 15.1 Å². The Morgan fingerprint density at radius 2 is 1.77 bits per heavy atom. The molecule has 0 bridgehead atoms. The van der Waals surface area contributed by atoms with E-state index in [0.717, 1.165) is 6.26 Å². The molecule has 0 spiro atoms. The molecule has 1 unspecified atom stereocenters. The van der Waals surface area contributed by atoms with Crippen molar-refractivity contribution < 1.29 is 27.2 Å². The molecule has 2 fully saturated rings. The monoisotopic (exact) mass is 440 g/mol. The van der Waals surface area contributed by atoms with Crippen LogP contribution in [0, 0.1) is 11.7 Å². The second-order valence-corrected chi connectivity index (χ2v) is 9.45. The first kappa shape index (κ1) is 22.2. The Kier molecular flexibility index (Phi) is 6.71. The maximum Gasteiger partial charge on any atom is 0.227 e. The Morgan fingerprint density at radius 3 is 2.37 bits per heavy atom. The van der Waals surface area contributed by atoms with Gasteiger partial charge in [-0.25, -0.2) is 12.8 Å². The fourth-order valence-corrected chi connectivity index (χ4v) is 4.44. The van der Waals surface area contributed by atoms with Crippen LogP contribution in [0.4, 0.5) is 10.1 Å². The largest absolute Gasteiger partial charge is 0.355 e. The molecule has 2 aliphatic rings. The number of carbonyl (C=O) groups is 3. The van der Waals surface area contributed by atoms with Gasteiger partial charge in [-0.3, -0.25) is 14.4 Å². The van der Waals surface area contributed by atoms with E-state index in [0.29, 0.717) is 18.8 Å². The molecule has 2 saturated heterocycles. The van der Waals surface area contributed by atoms with Crippen molar-refractivity contribution in [1.82, 2.24) is 14.5 Å². The van der Waals surface area contributed by atoms with Crippen LogP contribution < -0.4 is 10.2 Å². The Bertz CT molecular complexity index is 913. The molecule has 1 aromatic carbocycles. The van der Waals surface area contributed by atoms with Gasteiger partial charge in [0, 0.05) is 57.8 Å². The van der Waals surface area contributed by atoms with Crippen molar-refractivity contribution in [2.24, 2.45) is 5.92 Å². The zero-order valence-electron chi connectivity index (χ0n) is 16.7. The minimum Gasteiger partial charge on any atom is -0.355 e. The number of nitrogens with zero attached hydrogens (tertiary/aromatic N) is 3. The van der Waals surface area contributed by atoms with Crippen molar-refractivity contribution in [2.75, 3.05) is 50.4 Å². The van der Waals surface area contributed by atoms with E-state index in [4.69, 9.17) is 0 Å². The lowest BCUT2D eigenvalue weighted by Crippen LogP contribution is -2.50. The van der Waals surface area contributed by atoms with E-state index >= 15 is 0 Å². The number of halogens is 1. The van der Waals surface area contributed by atoms with E-state index in [9.17, 15) is 27.2 Å². The van der Waals surface area contributed by atoms with Crippen LogP contribution in [0.3, 0.4) is 0 Å². The SMILES string of the molecule is CS(=O)(=O)N1CCN(C(=O)CCNC(=O)C2CC(=O)N(c3ccc(F)cc3)C2)CC1. The normalized spacial score (nSPS) is 20.5. The van der Waals surface area contributed by atoms with Gasteiger partial charge in [-0.1, -0.05) is 0 Å². The summed E-state index contributed by atoms with van der Waals surface area (Å²) in [6.45, 7) is 1.52. The number of rotatable bonds is 6. The quantitative estimate of drug-likeness (QED) is 0.659. The molecule has 9 nitrogen and oxygen atoms in total. The summed E-state index contributed by atoms with van der Waals surface area (Å²) < 4.78 is 37.4. The van der Waals surface area contributed by atoms with Gasteiger partial charge in [0.25, 0.3) is 0 Å². The molecule has 2 aliphatic heterocycles. The van der Waals surface area contributed by atoms with Crippen LogP contribution in [0.5, 0.6) is 0 Å². The van der Waals surface area contributed by atoms with E-state index < -0.39 is 21.8 Å². The number of anilines is 1. The van der Waals surface area contributed by atoms with Crippen molar-refractivity contribution in [1.29, 1.82) is 0 Å². The van der Waals surface area contributed by atoms with Gasteiger partial charge in [-0.2, -0.15) is 4.31 Å². The third-order valence-electron chi connectivity index (χ3n) is 5.33. The number of benzene rings is 1. The van der Waals surface area contributed by atoms with Gasteiger partial charge in [-0.15, -0.1) is 0 Å². The topological polar surface area (TPSA) is 107 Å². The number of carbonyl (C=O) groups excluding carboxylic acids is 3. The summed E-state index contributed by atoms with van der Waals surface area (Å²) in [6, 6.07) is 5.51. The highest BCUT2D eigenvalue weighted by Crippen LogP contribution is 2.25. The molecule has 2 heterocycles. The standard InChI is InChI=1S/C19H25FN4O5S/c1-30(28,29)23-10-8-22(9-11-23)17(25)6-7-21-19(27)14-12-18(26)24(13-14)16-4-2-15(20)3-5-16/h2-5,14H,6-13H2,1H3,(H,21,27). The Balaban J connectivity index is 1.42. The first-order valence-electron chi connectivity index (χ1n) is 9.71. The highest BCUT2D eigenvalue weighted by molar-refractivity contribution is 7.88. The van der Waals surface area contributed by atoms with Crippen molar-refractivity contribution in [2.45, 2.75) is 12.8 Å². The van der Waals surface area contributed by atoms with Crippen LogP contribution >= 0.6 is 0 Å². The first-order valence-corrected chi connectivity index (χ1v) is 11.6. The Hall–Kier alpha value is -2.53. The summed E-state index contributed by atoms with van der Waals surface area (Å²) >= 11 is 0. The smallest absolute Gasteiger partial charge is 0.227 e. The summed E-state index contributed by atoms with van der Waals surface area (Å²) in [5.41, 5.74) is 0.542. The van der Waals surface area contributed by atoms with Crippen LogP contribution in [0.1, 0.15) is 12.8 Å². The van der Waals surface area contributed by atoms with E-state index in [1.165, 1.54) is 33.5 Å². The van der Waals surface area contributed by atoms with Gasteiger partial charge in [0.2, 0.25) is 27.7 Å². The second kappa shape index (κ2) is 9.09. The third-order valence-corrected chi connectivity index (χ3v) is 6.64. The molecule has 1 aromatic rings. The maximum atomic E-state index is 13.1. The van der Waals surface area contributed by atoms with Gasteiger partial charge >= 0.3 is 0 Å². The summed E-state index contributed by atoms with van der Waals surface area (Å²) in [4.78, 5) is 39.9. The summed E-state index contributed by atoms with van der Waals surface area (Å²) in [5, 5.41) is 2.70. The molecule has 1 N–H and O–H groups in total. The molecular weight excluding hydrogens is 415 g/mol. The van der Waals surface area contributed by atoms with Crippen LogP contribution in [0.25, 0.3) is 0 Å². The number of piperazine rings is 1. The highest BCUT2D eigenvalue weighted by atomic mass is 32.2. The average Bonchev–Trinajstić information content (AvgIpc) is 3.09. The van der Waals surface area contributed by atoms with Crippen LogP contribution in [0.2, 0.25) is 0 Å². The van der Waals surface area contributed by atoms with E-state index in [2.05, 4.69) is 5.32 Å². The lowest BCUT2D eigenvalue weighted by molar-refractivity contribution is -0.132. The summed E-state index contributed by atoms with van der Waals surface area (Å²) in [6.07, 6.45) is 1.31. The predicted octanol–water partition coefficient (Wildman–Crippen LogP) is -0.211. The maximum absolute atomic E-state index is 13.1. The molecule has 11 heteroatoms. The first-order chi connectivity index (χ1) is 14.1. The molecule has 3 rings (SSSR count). The van der Waals surface area contributed by atoms with Crippen LogP contribution in [-0.4, -0.2) is 80.9 Å². The number of hydrogen-bond acceptors (Lipinski definition) is 5. The number of sulfonamides is 1. The van der Waals surface area contributed by atoms with Crippen molar-refractivity contribution >= 4 is 33.4 Å². The predicted molar refractivity (Wildman–Crippen MR) is 107 cm³/mol. The van der Waals surface area contributed by atoms with Gasteiger partial charge in [0.15, 0.2) is 0 Å². The minimum atomic E-state index is -3.26. The third kappa shape index (κ3) is 5.33. The fourth-order valence-electron chi connectivity index (χ4n) is 3.62. The molecule has 0 saturated carbocycles. The van der Waals surface area contributed by atoms with Crippen molar-refractivity contribution in [3.05, 3.63) is 30.1 Å². The molecule has 3 amide bonds. The highest BCUT2D eigenvalue weighted by Gasteiger charge is 2.35. The van der Waals surface area contributed by atoms with E-state index in [1.807, 2.05) is 0 Å². The Labute approximate surface area is 174 Å². The molecule has 164 valence electrons.